The molecule has 0 bridgehead atoms. The van der Waals surface area contributed by atoms with Gasteiger partial charge in [-0.05, 0) is 130 Å². The van der Waals surface area contributed by atoms with Gasteiger partial charge in [0.2, 0.25) is 0 Å². The number of nitrogens with zero attached hydrogens (tertiary/aromatic N) is 2. The molecule has 0 aliphatic rings. The molecule has 4 nitrogen and oxygen atoms in total. The van der Waals surface area contributed by atoms with E-state index >= 15 is 0 Å². The SMILES string of the molecule is CC(C)(C)c1ccc(N(c2ccccc2)c2ccc3cc4c(cc3c2)oc2cc3c(cc24)oc2cc(N(c4ccccc4)c4ccc(C(C)(C)C)cc4)ccc23)cc1. The van der Waals surface area contributed by atoms with E-state index in [9.17, 15) is 0 Å². The average Bonchev–Trinajstić information content (AvgIpc) is 3.75. The largest absolute Gasteiger partial charge is 0.456 e. The normalized spacial score (nSPS) is 12.3. The van der Waals surface area contributed by atoms with Crippen molar-refractivity contribution < 1.29 is 8.83 Å². The van der Waals surface area contributed by atoms with E-state index in [4.69, 9.17) is 8.83 Å². The number of para-hydroxylation sites is 2. The van der Waals surface area contributed by atoms with Crippen LogP contribution in [0.2, 0.25) is 0 Å². The lowest BCUT2D eigenvalue weighted by Gasteiger charge is -2.27. The number of benzene rings is 8. The summed E-state index contributed by atoms with van der Waals surface area (Å²) in [5, 5.41) is 6.49. The Balaban J connectivity index is 1.04. The molecule has 10 rings (SSSR count). The third kappa shape index (κ3) is 6.26. The first-order chi connectivity index (χ1) is 28.0. The van der Waals surface area contributed by atoms with Gasteiger partial charge < -0.3 is 18.6 Å². The fourth-order valence-electron chi connectivity index (χ4n) is 8.31. The zero-order chi connectivity index (χ0) is 39.8. The van der Waals surface area contributed by atoms with Crippen molar-refractivity contribution in [3.05, 3.63) is 181 Å². The fourth-order valence-corrected chi connectivity index (χ4v) is 8.31. The summed E-state index contributed by atoms with van der Waals surface area (Å²) in [6.45, 7) is 13.5. The molecule has 0 amide bonds. The van der Waals surface area contributed by atoms with Gasteiger partial charge in [-0.2, -0.15) is 0 Å². The van der Waals surface area contributed by atoms with Crippen molar-refractivity contribution in [3.63, 3.8) is 0 Å². The lowest BCUT2D eigenvalue weighted by atomic mass is 9.87. The number of rotatable bonds is 6. The van der Waals surface area contributed by atoms with Crippen LogP contribution in [-0.2, 0) is 10.8 Å². The second-order valence-electron chi connectivity index (χ2n) is 17.5. The van der Waals surface area contributed by atoms with Crippen LogP contribution in [0.15, 0.2) is 179 Å². The Kier molecular flexibility index (Phi) is 8.24. The van der Waals surface area contributed by atoms with Gasteiger partial charge in [-0.25, -0.2) is 0 Å². The summed E-state index contributed by atoms with van der Waals surface area (Å²) in [4.78, 5) is 4.61. The van der Waals surface area contributed by atoms with Crippen LogP contribution in [0.4, 0.5) is 34.1 Å². The molecule has 10 aromatic rings. The molecule has 0 aliphatic heterocycles. The highest BCUT2D eigenvalue weighted by atomic mass is 16.3. The number of furan rings is 2. The maximum Gasteiger partial charge on any atom is 0.137 e. The van der Waals surface area contributed by atoms with Gasteiger partial charge in [0.15, 0.2) is 0 Å². The van der Waals surface area contributed by atoms with Crippen molar-refractivity contribution in [1.82, 2.24) is 0 Å². The predicted octanol–water partition coefficient (Wildman–Crippen LogP) is 16.2. The molecule has 2 aromatic heterocycles. The molecule has 284 valence electrons. The Morgan fingerprint density at radius 3 is 1.22 bits per heavy atom. The van der Waals surface area contributed by atoms with Crippen LogP contribution in [0.25, 0.3) is 54.6 Å². The van der Waals surface area contributed by atoms with E-state index in [0.717, 1.165) is 88.8 Å². The van der Waals surface area contributed by atoms with E-state index in [1.807, 2.05) is 0 Å². The Hall–Kier alpha value is -6.78. The number of anilines is 6. The van der Waals surface area contributed by atoms with Gasteiger partial charge in [0.1, 0.15) is 22.3 Å². The first-order valence-electron chi connectivity index (χ1n) is 20.2. The molecule has 4 heteroatoms. The van der Waals surface area contributed by atoms with Gasteiger partial charge in [-0.15, -0.1) is 0 Å². The molecule has 58 heavy (non-hydrogen) atoms. The summed E-state index contributed by atoms with van der Waals surface area (Å²) in [5.74, 6) is 0. The Labute approximate surface area is 339 Å². The predicted molar refractivity (Wildman–Crippen MR) is 245 cm³/mol. The van der Waals surface area contributed by atoms with Crippen molar-refractivity contribution in [2.75, 3.05) is 9.80 Å². The lowest BCUT2D eigenvalue weighted by Crippen LogP contribution is -2.13. The summed E-state index contributed by atoms with van der Waals surface area (Å²) in [7, 11) is 0. The molecule has 0 saturated heterocycles. The van der Waals surface area contributed by atoms with Crippen LogP contribution in [0, 0.1) is 0 Å². The van der Waals surface area contributed by atoms with E-state index in [-0.39, 0.29) is 10.8 Å². The third-order valence-corrected chi connectivity index (χ3v) is 11.5. The summed E-state index contributed by atoms with van der Waals surface area (Å²) in [6.07, 6.45) is 0. The maximum atomic E-state index is 6.67. The van der Waals surface area contributed by atoms with Gasteiger partial charge in [0.25, 0.3) is 0 Å². The van der Waals surface area contributed by atoms with Crippen molar-refractivity contribution in [2.45, 2.75) is 52.4 Å². The van der Waals surface area contributed by atoms with Crippen molar-refractivity contribution in [1.29, 1.82) is 0 Å². The van der Waals surface area contributed by atoms with Crippen LogP contribution in [0.3, 0.4) is 0 Å². The molecule has 8 aromatic carbocycles. The number of hydrogen-bond acceptors (Lipinski definition) is 4. The maximum absolute atomic E-state index is 6.67. The summed E-state index contributed by atoms with van der Waals surface area (Å²) in [5.41, 5.74) is 12.7. The molecule has 0 atom stereocenters. The van der Waals surface area contributed by atoms with Crippen LogP contribution < -0.4 is 9.80 Å². The average molecular weight is 755 g/mol. The van der Waals surface area contributed by atoms with E-state index in [1.165, 1.54) is 11.1 Å². The molecule has 0 fully saturated rings. The second-order valence-corrected chi connectivity index (χ2v) is 17.5. The minimum Gasteiger partial charge on any atom is -0.456 e. The molecular weight excluding hydrogens is 709 g/mol. The molecule has 0 spiro atoms. The van der Waals surface area contributed by atoms with Crippen LogP contribution in [0.5, 0.6) is 0 Å². The van der Waals surface area contributed by atoms with E-state index < -0.39 is 0 Å². The summed E-state index contributed by atoms with van der Waals surface area (Å²) < 4.78 is 13.3. The first-order valence-corrected chi connectivity index (χ1v) is 20.2. The zero-order valence-corrected chi connectivity index (χ0v) is 33.9. The first kappa shape index (κ1) is 35.6. The summed E-state index contributed by atoms with van der Waals surface area (Å²) >= 11 is 0. The monoisotopic (exact) mass is 754 g/mol. The molecule has 0 N–H and O–H groups in total. The molecule has 0 aliphatic carbocycles. The van der Waals surface area contributed by atoms with Gasteiger partial charge in [-0.1, -0.05) is 108 Å². The topological polar surface area (TPSA) is 32.8 Å². The highest BCUT2D eigenvalue weighted by molar-refractivity contribution is 6.17. The quantitative estimate of drug-likeness (QED) is 0.169. The minimum absolute atomic E-state index is 0.0781. The molecular formula is C54H46N2O2. The van der Waals surface area contributed by atoms with Gasteiger partial charge in [0, 0.05) is 61.7 Å². The van der Waals surface area contributed by atoms with Gasteiger partial charge in [0.05, 0.1) is 0 Å². The zero-order valence-electron chi connectivity index (χ0n) is 33.9. The van der Waals surface area contributed by atoms with Crippen molar-refractivity contribution >= 4 is 88.8 Å². The molecule has 2 heterocycles. The minimum atomic E-state index is 0.0781. The Morgan fingerprint density at radius 2 is 0.707 bits per heavy atom. The van der Waals surface area contributed by atoms with Crippen molar-refractivity contribution in [3.8, 4) is 0 Å². The Bertz CT molecular complexity index is 3000. The standard InChI is InChI=1S/C54H46N2O2/c1-53(2,3)37-18-23-41(24-19-37)55(39-13-9-7-10-14-39)43-22-17-35-30-46-48-34-51-47(33-52(48)57-49(46)31-36(35)29-43)45-28-27-44(32-50(45)58-51)56(40-15-11-8-12-16-40)42-25-20-38(21-26-42)54(4,5)6/h7-34H,1-6H3. The van der Waals surface area contributed by atoms with Crippen LogP contribution in [-0.4, -0.2) is 0 Å². The third-order valence-electron chi connectivity index (χ3n) is 11.5. The van der Waals surface area contributed by atoms with Crippen LogP contribution in [0.1, 0.15) is 52.7 Å². The smallest absolute Gasteiger partial charge is 0.137 e. The highest BCUT2D eigenvalue weighted by Gasteiger charge is 2.21. The summed E-state index contributed by atoms with van der Waals surface area (Å²) in [6, 6.07) is 60.9. The van der Waals surface area contributed by atoms with E-state index in [2.05, 4.69) is 221 Å². The lowest BCUT2D eigenvalue weighted by molar-refractivity contribution is 0.590. The fraction of sp³-hybridized carbons (Fsp3) is 0.148. The van der Waals surface area contributed by atoms with Crippen molar-refractivity contribution in [2.24, 2.45) is 0 Å². The second kappa shape index (κ2) is 13.4. The number of hydrogen-bond donors (Lipinski definition) is 0. The van der Waals surface area contributed by atoms with E-state index in [1.54, 1.807) is 0 Å². The van der Waals surface area contributed by atoms with E-state index in [0.29, 0.717) is 0 Å². The van der Waals surface area contributed by atoms with Crippen LogP contribution >= 0.6 is 0 Å². The number of fused-ring (bicyclic) bond motifs is 7. The molecule has 0 saturated carbocycles. The Morgan fingerprint density at radius 1 is 0.310 bits per heavy atom. The van der Waals surface area contributed by atoms with Gasteiger partial charge >= 0.3 is 0 Å². The highest BCUT2D eigenvalue weighted by Crippen LogP contribution is 2.43. The molecule has 0 unspecified atom stereocenters. The molecule has 0 radical (unpaired) electrons. The van der Waals surface area contributed by atoms with Gasteiger partial charge in [-0.3, -0.25) is 0 Å².